The van der Waals surface area contributed by atoms with E-state index >= 15 is 0 Å². The van der Waals surface area contributed by atoms with Gasteiger partial charge in [0.25, 0.3) is 5.91 Å². The van der Waals surface area contributed by atoms with Crippen LogP contribution < -0.4 is 10.2 Å². The fraction of sp³-hybridized carbons (Fsp3) is 0.133. The van der Waals surface area contributed by atoms with E-state index in [1.54, 1.807) is 10.8 Å². The molecule has 22 heavy (non-hydrogen) atoms. The summed E-state index contributed by atoms with van der Waals surface area (Å²) in [5, 5.41) is 7.39. The molecule has 3 rings (SSSR count). The van der Waals surface area contributed by atoms with Crippen molar-refractivity contribution in [2.45, 2.75) is 6.92 Å². The van der Waals surface area contributed by atoms with Crippen LogP contribution in [0.15, 0.2) is 36.2 Å². The molecule has 1 saturated heterocycles. The van der Waals surface area contributed by atoms with Crippen LogP contribution in [0.5, 0.6) is 0 Å². The van der Waals surface area contributed by atoms with E-state index < -0.39 is 0 Å². The number of benzene rings is 1. The zero-order valence-corrected chi connectivity index (χ0v) is 12.8. The summed E-state index contributed by atoms with van der Waals surface area (Å²) in [7, 11) is 1.81. The summed E-state index contributed by atoms with van der Waals surface area (Å²) < 4.78 is 14.7. The van der Waals surface area contributed by atoms with Gasteiger partial charge in [-0.15, -0.1) is 0 Å². The predicted molar refractivity (Wildman–Crippen MR) is 85.5 cm³/mol. The number of nitrogens with one attached hydrogen (secondary N) is 1. The molecule has 0 radical (unpaired) electrons. The monoisotopic (exact) mass is 316 g/mol. The van der Waals surface area contributed by atoms with Crippen molar-refractivity contribution in [3.8, 4) is 0 Å². The van der Waals surface area contributed by atoms with Gasteiger partial charge in [0.1, 0.15) is 11.5 Å². The molecule has 0 spiro atoms. The van der Waals surface area contributed by atoms with Gasteiger partial charge in [-0.25, -0.2) is 4.39 Å². The van der Waals surface area contributed by atoms with Crippen molar-refractivity contribution in [2.75, 3.05) is 4.90 Å². The van der Waals surface area contributed by atoms with Gasteiger partial charge in [-0.1, -0.05) is 0 Å². The number of rotatable bonds is 2. The van der Waals surface area contributed by atoms with E-state index in [0.717, 1.165) is 11.3 Å². The summed E-state index contributed by atoms with van der Waals surface area (Å²) in [6.07, 6.45) is 3.53. The zero-order chi connectivity index (χ0) is 15.9. The van der Waals surface area contributed by atoms with Crippen molar-refractivity contribution in [3.05, 3.63) is 53.2 Å². The van der Waals surface area contributed by atoms with E-state index in [4.69, 9.17) is 12.2 Å². The van der Waals surface area contributed by atoms with Crippen molar-refractivity contribution >= 4 is 35.0 Å². The number of aryl methyl sites for hydroxylation is 2. The molecule has 1 amide bonds. The van der Waals surface area contributed by atoms with E-state index in [0.29, 0.717) is 11.4 Å². The topological polar surface area (TPSA) is 50.2 Å². The van der Waals surface area contributed by atoms with Crippen molar-refractivity contribution in [3.63, 3.8) is 0 Å². The fourth-order valence-electron chi connectivity index (χ4n) is 2.27. The molecule has 2 heterocycles. The van der Waals surface area contributed by atoms with Crippen molar-refractivity contribution in [1.29, 1.82) is 0 Å². The highest BCUT2D eigenvalue weighted by atomic mass is 32.1. The molecule has 112 valence electrons. The Hall–Kier alpha value is -2.54. The number of thiocarbonyl (C=S) groups is 1. The minimum Gasteiger partial charge on any atom is -0.327 e. The van der Waals surface area contributed by atoms with Gasteiger partial charge in [0.05, 0.1) is 11.4 Å². The molecule has 0 saturated carbocycles. The Morgan fingerprint density at radius 3 is 2.59 bits per heavy atom. The van der Waals surface area contributed by atoms with Gasteiger partial charge in [-0.05, 0) is 49.5 Å². The smallest absolute Gasteiger partial charge is 0.281 e. The number of halogens is 1. The molecule has 7 heteroatoms. The molecule has 2 aromatic rings. The molecule has 0 bridgehead atoms. The molecule has 1 fully saturated rings. The molecule has 5 nitrogen and oxygen atoms in total. The second kappa shape index (κ2) is 5.34. The van der Waals surface area contributed by atoms with Crippen LogP contribution in [0.3, 0.4) is 0 Å². The third-order valence-electron chi connectivity index (χ3n) is 3.31. The highest BCUT2D eigenvalue weighted by Gasteiger charge is 2.32. The maximum absolute atomic E-state index is 13.0. The Morgan fingerprint density at radius 1 is 1.32 bits per heavy atom. The van der Waals surface area contributed by atoms with Crippen LogP contribution >= 0.6 is 12.2 Å². The lowest BCUT2D eigenvalue weighted by molar-refractivity contribution is -0.113. The lowest BCUT2D eigenvalue weighted by Crippen LogP contribution is -2.30. The zero-order valence-electron chi connectivity index (χ0n) is 12.0. The minimum absolute atomic E-state index is 0.268. The fourth-order valence-corrected chi connectivity index (χ4v) is 2.57. The van der Waals surface area contributed by atoms with E-state index in [9.17, 15) is 9.18 Å². The third-order valence-corrected chi connectivity index (χ3v) is 3.60. The molecule has 0 atom stereocenters. The van der Waals surface area contributed by atoms with Gasteiger partial charge in [-0.2, -0.15) is 5.10 Å². The Morgan fingerprint density at radius 2 is 2.00 bits per heavy atom. The van der Waals surface area contributed by atoms with Gasteiger partial charge < -0.3 is 5.32 Å². The maximum atomic E-state index is 13.0. The van der Waals surface area contributed by atoms with Crippen LogP contribution in [0, 0.1) is 12.7 Å². The van der Waals surface area contributed by atoms with E-state index in [2.05, 4.69) is 10.4 Å². The number of hydrogen-bond acceptors (Lipinski definition) is 3. The SMILES string of the molecule is Cc1nn(C)cc1/C=C1/NC(=S)N(c2ccc(F)cc2)C1=O. The number of carbonyl (C=O) groups excluding carboxylic acids is 1. The maximum Gasteiger partial charge on any atom is 0.281 e. The molecule has 1 aliphatic rings. The Balaban J connectivity index is 1.94. The van der Waals surface area contributed by atoms with Gasteiger partial charge in [0.2, 0.25) is 0 Å². The predicted octanol–water partition coefficient (Wildman–Crippen LogP) is 2.13. The van der Waals surface area contributed by atoms with Crippen molar-refractivity contribution in [1.82, 2.24) is 15.1 Å². The summed E-state index contributed by atoms with van der Waals surface area (Å²) in [5.74, 6) is -0.643. The Kier molecular flexibility index (Phi) is 3.50. The van der Waals surface area contributed by atoms with Crippen LogP contribution in [0.4, 0.5) is 10.1 Å². The minimum atomic E-state index is -0.365. The summed E-state index contributed by atoms with van der Waals surface area (Å²) >= 11 is 5.20. The number of aromatic nitrogens is 2. The third kappa shape index (κ3) is 2.50. The number of amides is 1. The molecule has 1 aromatic heterocycles. The largest absolute Gasteiger partial charge is 0.327 e. The van der Waals surface area contributed by atoms with Gasteiger partial charge in [0, 0.05) is 18.8 Å². The van der Waals surface area contributed by atoms with E-state index in [-0.39, 0.29) is 16.8 Å². The number of anilines is 1. The summed E-state index contributed by atoms with van der Waals surface area (Å²) in [4.78, 5) is 13.9. The van der Waals surface area contributed by atoms with E-state index in [1.807, 2.05) is 20.2 Å². The van der Waals surface area contributed by atoms with Gasteiger partial charge >= 0.3 is 0 Å². The average Bonchev–Trinajstić information content (AvgIpc) is 2.92. The second-order valence-electron chi connectivity index (χ2n) is 4.95. The van der Waals surface area contributed by atoms with E-state index in [1.165, 1.54) is 29.2 Å². The summed E-state index contributed by atoms with van der Waals surface area (Å²) in [6.45, 7) is 1.86. The quantitative estimate of drug-likeness (QED) is 0.681. The standard InChI is InChI=1S/C15H13FN4OS/c1-9-10(8-19(2)18-9)7-13-14(21)20(15(22)17-13)12-5-3-11(16)4-6-12/h3-8H,1-2H3,(H,17,22)/b13-7+. The molecule has 0 unspecified atom stereocenters. The van der Waals surface area contributed by atoms with Gasteiger partial charge in [-0.3, -0.25) is 14.4 Å². The highest BCUT2D eigenvalue weighted by Crippen LogP contribution is 2.23. The molecule has 1 aliphatic heterocycles. The van der Waals surface area contributed by atoms with Crippen molar-refractivity contribution in [2.24, 2.45) is 7.05 Å². The number of nitrogens with zero attached hydrogens (tertiary/aromatic N) is 3. The van der Waals surface area contributed by atoms with Crippen LogP contribution in [-0.4, -0.2) is 20.8 Å². The lowest BCUT2D eigenvalue weighted by atomic mass is 10.2. The Bertz CT molecular complexity index is 794. The first kappa shape index (κ1) is 14.4. The summed E-state index contributed by atoms with van der Waals surface area (Å²) in [6, 6.07) is 5.61. The van der Waals surface area contributed by atoms with Crippen LogP contribution in [-0.2, 0) is 11.8 Å². The molecule has 1 N–H and O–H groups in total. The second-order valence-corrected chi connectivity index (χ2v) is 5.34. The van der Waals surface area contributed by atoms with Gasteiger partial charge in [0.15, 0.2) is 5.11 Å². The molecule has 0 aliphatic carbocycles. The first-order valence-electron chi connectivity index (χ1n) is 6.58. The number of carbonyl (C=O) groups is 1. The first-order chi connectivity index (χ1) is 10.5. The van der Waals surface area contributed by atoms with Crippen LogP contribution in [0.25, 0.3) is 6.08 Å². The number of hydrogen-bond donors (Lipinski definition) is 1. The lowest BCUT2D eigenvalue weighted by Gasteiger charge is -2.13. The Labute approximate surface area is 132 Å². The van der Waals surface area contributed by atoms with Crippen LogP contribution in [0.2, 0.25) is 0 Å². The molecule has 1 aromatic carbocycles. The molecular formula is C15H13FN4OS. The van der Waals surface area contributed by atoms with Crippen molar-refractivity contribution < 1.29 is 9.18 Å². The normalized spacial score (nSPS) is 16.5. The van der Waals surface area contributed by atoms with Crippen LogP contribution in [0.1, 0.15) is 11.3 Å². The summed E-state index contributed by atoms with van der Waals surface area (Å²) in [5.41, 5.74) is 2.54. The molecular weight excluding hydrogens is 303 g/mol. The highest BCUT2D eigenvalue weighted by molar-refractivity contribution is 7.80. The average molecular weight is 316 g/mol. The first-order valence-corrected chi connectivity index (χ1v) is 6.99.